The van der Waals surface area contributed by atoms with E-state index in [9.17, 15) is 24.3 Å². The highest BCUT2D eigenvalue weighted by Crippen LogP contribution is 2.32. The van der Waals surface area contributed by atoms with E-state index in [1.807, 2.05) is 30.0 Å². The summed E-state index contributed by atoms with van der Waals surface area (Å²) in [5.41, 5.74) is 3.08. The number of aromatic carboxylic acids is 1. The Morgan fingerprint density at radius 2 is 1.71 bits per heavy atom. The number of hydrogen-bond donors (Lipinski definition) is 3. The molecule has 4 aromatic rings. The molecule has 2 heterocycles. The standard InChI is InChI=1S/C37H43N5O7/c1-24-12-15-31(33(21-24)49-20-7-5-6-11-34(43)42-18-16-40(2)17-19-42)41(3)36(45)25-13-14-29(32(22-25)48-4)39-35(44)26-9-8-10-28-27(26)23-30(38-28)37(46)47/h8-10,12-15,21-23,38H,5-7,11,16-20H2,1-4H3,(H,39,44)(H,46,47). The summed E-state index contributed by atoms with van der Waals surface area (Å²) in [7, 11) is 5.20. The fourth-order valence-electron chi connectivity index (χ4n) is 5.85. The highest BCUT2D eigenvalue weighted by molar-refractivity contribution is 6.14. The Bertz CT molecular complexity index is 1840. The zero-order valence-corrected chi connectivity index (χ0v) is 28.4. The summed E-state index contributed by atoms with van der Waals surface area (Å²) in [5, 5.41) is 12.6. The first-order valence-corrected chi connectivity index (χ1v) is 16.4. The van der Waals surface area contributed by atoms with Gasteiger partial charge in [-0.1, -0.05) is 12.1 Å². The number of likely N-dealkylation sites (N-methyl/N-ethyl adjacent to an activating group) is 1. The van der Waals surface area contributed by atoms with E-state index in [2.05, 4.69) is 22.2 Å². The van der Waals surface area contributed by atoms with Crippen LogP contribution in [0.15, 0.2) is 60.7 Å². The molecule has 258 valence electrons. The normalized spacial score (nSPS) is 13.3. The van der Waals surface area contributed by atoms with Gasteiger partial charge in [0.15, 0.2) is 0 Å². The third kappa shape index (κ3) is 8.39. The Kier molecular flexibility index (Phi) is 11.2. The van der Waals surface area contributed by atoms with Crippen LogP contribution in [0.3, 0.4) is 0 Å². The number of carboxylic acids is 1. The number of aromatic nitrogens is 1. The lowest BCUT2D eigenvalue weighted by Gasteiger charge is -2.32. The lowest BCUT2D eigenvalue weighted by molar-refractivity contribution is -0.132. The third-order valence-corrected chi connectivity index (χ3v) is 8.77. The van der Waals surface area contributed by atoms with Crippen molar-refractivity contribution in [3.05, 3.63) is 83.0 Å². The largest absolute Gasteiger partial charge is 0.495 e. The number of piperazine rings is 1. The number of ether oxygens (including phenoxy) is 2. The Hall–Kier alpha value is -5.36. The molecule has 3 amide bonds. The number of amides is 3. The topological polar surface area (TPSA) is 145 Å². The summed E-state index contributed by atoms with van der Waals surface area (Å²) < 4.78 is 11.7. The molecule has 5 rings (SSSR count). The Balaban J connectivity index is 1.20. The van der Waals surface area contributed by atoms with E-state index in [0.717, 1.165) is 51.0 Å². The molecular formula is C37H43N5O7. The molecule has 0 saturated carbocycles. The number of carbonyl (C=O) groups is 4. The second-order valence-electron chi connectivity index (χ2n) is 12.3. The summed E-state index contributed by atoms with van der Waals surface area (Å²) in [5.74, 6) is -0.797. The number of benzene rings is 3. The van der Waals surface area contributed by atoms with Gasteiger partial charge >= 0.3 is 5.97 Å². The molecule has 0 spiro atoms. The van der Waals surface area contributed by atoms with Crippen molar-refractivity contribution in [2.75, 3.05) is 64.2 Å². The van der Waals surface area contributed by atoms with Crippen LogP contribution in [0, 0.1) is 6.92 Å². The fraction of sp³-hybridized carbons (Fsp3) is 0.351. The van der Waals surface area contributed by atoms with Crippen molar-refractivity contribution in [1.29, 1.82) is 0 Å². The van der Waals surface area contributed by atoms with E-state index in [4.69, 9.17) is 9.47 Å². The van der Waals surface area contributed by atoms with Gasteiger partial charge in [0.05, 0.1) is 25.1 Å². The minimum absolute atomic E-state index is 0.0215. The summed E-state index contributed by atoms with van der Waals surface area (Å²) in [4.78, 5) is 59.4. The van der Waals surface area contributed by atoms with Crippen molar-refractivity contribution in [2.45, 2.75) is 32.6 Å². The Labute approximate surface area is 285 Å². The van der Waals surface area contributed by atoms with Crippen molar-refractivity contribution >= 4 is 46.0 Å². The van der Waals surface area contributed by atoms with Crippen LogP contribution in [-0.4, -0.2) is 97.6 Å². The maximum atomic E-state index is 13.7. The smallest absolute Gasteiger partial charge is 0.352 e. The van der Waals surface area contributed by atoms with Gasteiger partial charge in [-0.05, 0) is 87.3 Å². The fourth-order valence-corrected chi connectivity index (χ4v) is 5.85. The van der Waals surface area contributed by atoms with Crippen LogP contribution in [0.1, 0.15) is 62.5 Å². The predicted molar refractivity (Wildman–Crippen MR) is 188 cm³/mol. The van der Waals surface area contributed by atoms with Gasteiger partial charge < -0.3 is 39.6 Å². The SMILES string of the molecule is COc1cc(C(=O)N(C)c2ccc(C)cc2OCCCCCC(=O)N2CCN(C)CC2)ccc1NC(=O)c1cccc2[nH]c(C(=O)O)cc12. The molecule has 3 aromatic carbocycles. The van der Waals surface area contributed by atoms with Crippen LogP contribution in [0.5, 0.6) is 11.5 Å². The van der Waals surface area contributed by atoms with Crippen molar-refractivity contribution in [2.24, 2.45) is 0 Å². The van der Waals surface area contributed by atoms with E-state index in [1.54, 1.807) is 43.4 Å². The number of nitrogens with one attached hydrogen (secondary N) is 2. The minimum Gasteiger partial charge on any atom is -0.495 e. The predicted octanol–water partition coefficient (Wildman–Crippen LogP) is 5.43. The number of anilines is 2. The van der Waals surface area contributed by atoms with Gasteiger partial charge in [-0.2, -0.15) is 0 Å². The number of H-pyrrole nitrogens is 1. The number of aromatic amines is 1. The molecule has 1 saturated heterocycles. The van der Waals surface area contributed by atoms with Gasteiger partial charge in [0, 0.05) is 61.7 Å². The summed E-state index contributed by atoms with van der Waals surface area (Å²) >= 11 is 0. The Morgan fingerprint density at radius 1 is 0.939 bits per heavy atom. The molecule has 0 unspecified atom stereocenters. The lowest BCUT2D eigenvalue weighted by Crippen LogP contribution is -2.47. The molecule has 12 heteroatoms. The number of methoxy groups -OCH3 is 1. The number of rotatable bonds is 13. The summed E-state index contributed by atoms with van der Waals surface area (Å²) in [6.07, 6.45) is 2.99. The second kappa shape index (κ2) is 15.7. The molecule has 0 bridgehead atoms. The van der Waals surface area contributed by atoms with Crippen molar-refractivity contribution < 1.29 is 33.8 Å². The molecule has 1 fully saturated rings. The molecule has 3 N–H and O–H groups in total. The average Bonchev–Trinajstić information content (AvgIpc) is 3.55. The number of unbranched alkanes of at least 4 members (excludes halogenated alkanes) is 2. The molecule has 0 radical (unpaired) electrons. The first-order valence-electron chi connectivity index (χ1n) is 16.4. The number of hydrogen-bond acceptors (Lipinski definition) is 7. The van der Waals surface area contributed by atoms with Crippen LogP contribution in [0.2, 0.25) is 0 Å². The van der Waals surface area contributed by atoms with Crippen molar-refractivity contribution in [1.82, 2.24) is 14.8 Å². The van der Waals surface area contributed by atoms with Crippen LogP contribution >= 0.6 is 0 Å². The zero-order chi connectivity index (χ0) is 35.1. The highest BCUT2D eigenvalue weighted by atomic mass is 16.5. The second-order valence-corrected chi connectivity index (χ2v) is 12.3. The first kappa shape index (κ1) is 35.0. The number of carboxylic acid groups (broad SMARTS) is 1. The van der Waals surface area contributed by atoms with E-state index >= 15 is 0 Å². The number of aryl methyl sites for hydroxylation is 1. The van der Waals surface area contributed by atoms with Gasteiger partial charge in [0.25, 0.3) is 11.8 Å². The lowest BCUT2D eigenvalue weighted by atomic mass is 10.1. The summed E-state index contributed by atoms with van der Waals surface area (Å²) in [6, 6.07) is 16.8. The van der Waals surface area contributed by atoms with Crippen LogP contribution in [0.25, 0.3) is 10.9 Å². The van der Waals surface area contributed by atoms with E-state index in [0.29, 0.717) is 46.6 Å². The van der Waals surface area contributed by atoms with Gasteiger partial charge in [-0.25, -0.2) is 4.79 Å². The van der Waals surface area contributed by atoms with E-state index in [1.165, 1.54) is 18.1 Å². The Morgan fingerprint density at radius 3 is 2.45 bits per heavy atom. The number of carbonyl (C=O) groups excluding carboxylic acids is 3. The molecule has 1 aromatic heterocycles. The molecule has 12 nitrogen and oxygen atoms in total. The van der Waals surface area contributed by atoms with E-state index in [-0.39, 0.29) is 28.8 Å². The molecule has 49 heavy (non-hydrogen) atoms. The van der Waals surface area contributed by atoms with Crippen LogP contribution < -0.4 is 19.7 Å². The molecular weight excluding hydrogens is 626 g/mol. The number of nitrogens with zero attached hydrogens (tertiary/aromatic N) is 3. The third-order valence-electron chi connectivity index (χ3n) is 8.77. The molecule has 1 aliphatic heterocycles. The number of fused-ring (bicyclic) bond motifs is 1. The van der Waals surface area contributed by atoms with Gasteiger partial charge in [-0.3, -0.25) is 14.4 Å². The van der Waals surface area contributed by atoms with Crippen LogP contribution in [-0.2, 0) is 4.79 Å². The van der Waals surface area contributed by atoms with Crippen LogP contribution in [0.4, 0.5) is 11.4 Å². The molecule has 1 aliphatic rings. The van der Waals surface area contributed by atoms with E-state index < -0.39 is 11.9 Å². The molecule has 0 aliphatic carbocycles. The maximum Gasteiger partial charge on any atom is 0.352 e. The maximum absolute atomic E-state index is 13.7. The minimum atomic E-state index is -1.12. The van der Waals surface area contributed by atoms with Gasteiger partial charge in [0.1, 0.15) is 17.2 Å². The average molecular weight is 670 g/mol. The first-order chi connectivity index (χ1) is 23.5. The van der Waals surface area contributed by atoms with Crippen molar-refractivity contribution in [3.63, 3.8) is 0 Å². The van der Waals surface area contributed by atoms with Gasteiger partial charge in [-0.15, -0.1) is 0 Å². The van der Waals surface area contributed by atoms with Crippen molar-refractivity contribution in [3.8, 4) is 11.5 Å². The highest BCUT2D eigenvalue weighted by Gasteiger charge is 2.22. The monoisotopic (exact) mass is 669 g/mol. The molecule has 0 atom stereocenters. The van der Waals surface area contributed by atoms with Gasteiger partial charge in [0.2, 0.25) is 5.91 Å². The zero-order valence-electron chi connectivity index (χ0n) is 28.4. The summed E-state index contributed by atoms with van der Waals surface area (Å²) in [6.45, 7) is 5.83. The quantitative estimate of drug-likeness (QED) is 0.160.